The van der Waals surface area contributed by atoms with Crippen LogP contribution < -0.4 is 19.1 Å². The molecule has 8 nitrogen and oxygen atoms in total. The van der Waals surface area contributed by atoms with E-state index in [0.29, 0.717) is 17.0 Å². The average molecular weight is 530 g/mol. The third kappa shape index (κ3) is 4.19. The molecule has 1 heterocycles. The van der Waals surface area contributed by atoms with Crippen molar-refractivity contribution in [3.63, 3.8) is 0 Å². The second-order valence-corrected chi connectivity index (χ2v) is 8.54. The number of nitrogens with zero attached hydrogens (tertiary/aromatic N) is 1. The number of methoxy groups -OCH3 is 3. The molecule has 0 bridgehead atoms. The number of aliphatic hydroxyl groups excluding tert-OH is 1. The summed E-state index contributed by atoms with van der Waals surface area (Å²) in [4.78, 5) is 27.9. The third-order valence-electron chi connectivity index (χ3n) is 5.76. The van der Waals surface area contributed by atoms with Gasteiger partial charge in [-0.25, -0.2) is 0 Å². The van der Waals surface area contributed by atoms with Gasteiger partial charge in [0.1, 0.15) is 22.3 Å². The quantitative estimate of drug-likeness (QED) is 0.252. The van der Waals surface area contributed by atoms with Crippen LogP contribution in [0.4, 0.5) is 5.69 Å². The van der Waals surface area contributed by atoms with E-state index in [0.717, 1.165) is 0 Å². The van der Waals surface area contributed by atoms with Gasteiger partial charge in [-0.05, 0) is 35.9 Å². The van der Waals surface area contributed by atoms with Crippen LogP contribution in [0.2, 0.25) is 10.0 Å². The molecular weight excluding hydrogens is 509 g/mol. The second kappa shape index (κ2) is 10.0. The number of anilines is 1. The lowest BCUT2D eigenvalue weighted by molar-refractivity contribution is -0.132. The second-order valence-electron chi connectivity index (χ2n) is 7.75. The first-order valence-corrected chi connectivity index (χ1v) is 11.3. The van der Waals surface area contributed by atoms with Crippen molar-refractivity contribution in [3.05, 3.63) is 81.3 Å². The number of amides is 1. The summed E-state index contributed by atoms with van der Waals surface area (Å²) < 4.78 is 15.9. The van der Waals surface area contributed by atoms with E-state index in [1.807, 2.05) is 0 Å². The minimum atomic E-state index is -1.10. The maximum atomic E-state index is 13.4. The Morgan fingerprint density at radius 3 is 2.25 bits per heavy atom. The van der Waals surface area contributed by atoms with Gasteiger partial charge in [0.2, 0.25) is 0 Å². The topological polar surface area (TPSA) is 106 Å². The number of aromatic hydroxyl groups is 1. The number of Topliss-reactive ketones (excluding diaryl/α,β-unsaturated/α-hetero) is 1. The average Bonchev–Trinajstić information content (AvgIpc) is 3.14. The molecule has 0 aromatic heterocycles. The van der Waals surface area contributed by atoms with E-state index in [1.165, 1.54) is 44.4 Å². The summed E-state index contributed by atoms with van der Waals surface area (Å²) >= 11 is 12.7. The van der Waals surface area contributed by atoms with Crippen molar-refractivity contribution >= 4 is 46.3 Å². The van der Waals surface area contributed by atoms with Crippen molar-refractivity contribution in [1.82, 2.24) is 0 Å². The lowest BCUT2D eigenvalue weighted by atomic mass is 9.94. The molecule has 2 N–H and O–H groups in total. The number of phenols is 1. The molecule has 0 saturated carbocycles. The molecule has 1 amide bonds. The van der Waals surface area contributed by atoms with Crippen molar-refractivity contribution < 1.29 is 34.0 Å². The van der Waals surface area contributed by atoms with Gasteiger partial charge in [-0.2, -0.15) is 0 Å². The Morgan fingerprint density at radius 1 is 0.917 bits per heavy atom. The number of hydrogen-bond acceptors (Lipinski definition) is 7. The molecule has 3 aromatic rings. The van der Waals surface area contributed by atoms with Gasteiger partial charge in [0, 0.05) is 11.8 Å². The summed E-state index contributed by atoms with van der Waals surface area (Å²) in [6.45, 7) is 0. The van der Waals surface area contributed by atoms with Crippen LogP contribution in [0.3, 0.4) is 0 Å². The highest BCUT2D eigenvalue weighted by Gasteiger charge is 2.47. The summed E-state index contributed by atoms with van der Waals surface area (Å²) in [5, 5.41) is 21.6. The van der Waals surface area contributed by atoms with E-state index in [4.69, 9.17) is 37.4 Å². The highest BCUT2D eigenvalue weighted by atomic mass is 35.5. The number of halogens is 2. The van der Waals surface area contributed by atoms with Crippen molar-refractivity contribution in [2.45, 2.75) is 6.04 Å². The normalized spacial score (nSPS) is 16.8. The minimum Gasteiger partial charge on any atom is -0.508 e. The zero-order valence-electron chi connectivity index (χ0n) is 19.4. The number of benzene rings is 3. The Balaban J connectivity index is 2.02. The van der Waals surface area contributed by atoms with Crippen LogP contribution in [0.5, 0.6) is 23.0 Å². The number of hydrogen-bond donors (Lipinski definition) is 2. The fourth-order valence-electron chi connectivity index (χ4n) is 4.16. The van der Waals surface area contributed by atoms with E-state index >= 15 is 0 Å². The lowest BCUT2D eigenvalue weighted by Gasteiger charge is -2.26. The van der Waals surface area contributed by atoms with E-state index in [-0.39, 0.29) is 38.4 Å². The maximum absolute atomic E-state index is 13.4. The molecule has 3 aromatic carbocycles. The Labute approximate surface area is 216 Å². The van der Waals surface area contributed by atoms with Crippen LogP contribution in [0.1, 0.15) is 17.2 Å². The lowest BCUT2D eigenvalue weighted by Crippen LogP contribution is -2.29. The summed E-state index contributed by atoms with van der Waals surface area (Å²) in [6, 6.07) is 12.9. The number of carbonyl (C=O) groups is 2. The van der Waals surface area contributed by atoms with Gasteiger partial charge in [0.05, 0.1) is 43.5 Å². The number of rotatable bonds is 6. The molecule has 1 aliphatic rings. The number of aliphatic hydroxyl groups is 1. The third-order valence-corrected chi connectivity index (χ3v) is 6.38. The van der Waals surface area contributed by atoms with Gasteiger partial charge in [-0.15, -0.1) is 0 Å². The van der Waals surface area contributed by atoms with E-state index in [1.54, 1.807) is 36.4 Å². The molecular formula is C26H21Cl2NO7. The Bertz CT molecular complexity index is 1400. The maximum Gasteiger partial charge on any atom is 0.300 e. The smallest absolute Gasteiger partial charge is 0.300 e. The predicted molar refractivity (Wildman–Crippen MR) is 135 cm³/mol. The number of ether oxygens (including phenoxy) is 3. The standard InChI is InChI=1S/C26H21Cl2NO7/c1-34-16-9-5-7-14(11-16)29-21(13-6-4-8-15(30)10-13)19(23(32)26(29)33)22(31)17-12-18(27)25(36-3)20(28)24(17)35-2/h4-12,21,30-31H,1-3H3/b22-19+. The van der Waals surface area contributed by atoms with Gasteiger partial charge >= 0.3 is 0 Å². The molecule has 1 unspecified atom stereocenters. The van der Waals surface area contributed by atoms with Crippen molar-refractivity contribution in [1.29, 1.82) is 0 Å². The van der Waals surface area contributed by atoms with Crippen molar-refractivity contribution in [2.24, 2.45) is 0 Å². The molecule has 1 atom stereocenters. The molecule has 0 radical (unpaired) electrons. The molecule has 10 heteroatoms. The first-order chi connectivity index (χ1) is 17.2. The Kier molecular flexibility index (Phi) is 7.01. The number of phenolic OH excluding ortho intramolecular Hbond substituents is 1. The van der Waals surface area contributed by atoms with Crippen LogP contribution in [0.25, 0.3) is 5.76 Å². The predicted octanol–water partition coefficient (Wildman–Crippen LogP) is 5.35. The monoisotopic (exact) mass is 529 g/mol. The van der Waals surface area contributed by atoms with Crippen molar-refractivity contribution in [3.8, 4) is 23.0 Å². The fraction of sp³-hybridized carbons (Fsp3) is 0.154. The van der Waals surface area contributed by atoms with Crippen molar-refractivity contribution in [2.75, 3.05) is 26.2 Å². The van der Waals surface area contributed by atoms with Crippen LogP contribution in [0, 0.1) is 0 Å². The highest BCUT2D eigenvalue weighted by molar-refractivity contribution is 6.52. The van der Waals surface area contributed by atoms with Crippen LogP contribution in [-0.2, 0) is 9.59 Å². The summed E-state index contributed by atoms with van der Waals surface area (Å²) in [5.74, 6) is -1.91. The van der Waals surface area contributed by atoms with Crippen LogP contribution in [0.15, 0.2) is 60.2 Å². The zero-order valence-corrected chi connectivity index (χ0v) is 20.9. The zero-order chi connectivity index (χ0) is 26.1. The molecule has 36 heavy (non-hydrogen) atoms. The minimum absolute atomic E-state index is 0.00217. The number of carbonyl (C=O) groups excluding carboxylic acids is 2. The highest BCUT2D eigenvalue weighted by Crippen LogP contribution is 2.48. The van der Waals surface area contributed by atoms with Gasteiger partial charge in [0.15, 0.2) is 11.5 Å². The first-order valence-electron chi connectivity index (χ1n) is 10.6. The van der Waals surface area contributed by atoms with Gasteiger partial charge < -0.3 is 24.4 Å². The molecule has 4 rings (SSSR count). The molecule has 1 fully saturated rings. The largest absolute Gasteiger partial charge is 0.508 e. The van der Waals surface area contributed by atoms with E-state index < -0.39 is 23.5 Å². The fourth-order valence-corrected chi connectivity index (χ4v) is 4.85. The Hall–Kier alpha value is -3.88. The van der Waals surface area contributed by atoms with Gasteiger partial charge in [-0.3, -0.25) is 14.5 Å². The summed E-state index contributed by atoms with van der Waals surface area (Å²) in [5.41, 5.74) is 0.468. The Morgan fingerprint density at radius 2 is 1.61 bits per heavy atom. The molecule has 186 valence electrons. The summed E-state index contributed by atoms with van der Waals surface area (Å²) in [7, 11) is 4.17. The molecule has 0 spiro atoms. The number of ketones is 1. The van der Waals surface area contributed by atoms with Gasteiger partial charge in [0.25, 0.3) is 11.7 Å². The summed E-state index contributed by atoms with van der Waals surface area (Å²) in [6.07, 6.45) is 0. The van der Waals surface area contributed by atoms with E-state index in [2.05, 4.69) is 0 Å². The van der Waals surface area contributed by atoms with E-state index in [9.17, 15) is 19.8 Å². The van der Waals surface area contributed by atoms with Crippen LogP contribution >= 0.6 is 23.2 Å². The molecule has 0 aliphatic carbocycles. The molecule has 1 saturated heterocycles. The molecule has 1 aliphatic heterocycles. The van der Waals surface area contributed by atoms with Crippen LogP contribution in [-0.4, -0.2) is 43.2 Å². The SMILES string of the molecule is COc1cccc(N2C(=O)C(=O)/C(=C(/O)c3cc(Cl)c(OC)c(Cl)c3OC)C2c2cccc(O)c2)c1. The first kappa shape index (κ1) is 25.2. The van der Waals surface area contributed by atoms with Gasteiger partial charge in [-0.1, -0.05) is 41.4 Å².